The van der Waals surface area contributed by atoms with Gasteiger partial charge >= 0.3 is 0 Å². The van der Waals surface area contributed by atoms with Gasteiger partial charge in [0.25, 0.3) is 5.56 Å². The van der Waals surface area contributed by atoms with E-state index in [-0.39, 0.29) is 22.4 Å². The molecule has 4 aromatic rings. The molecule has 0 radical (unpaired) electrons. The Balaban J connectivity index is 1.87. The van der Waals surface area contributed by atoms with E-state index in [9.17, 15) is 20.0 Å². The van der Waals surface area contributed by atoms with Crippen molar-refractivity contribution >= 4 is 5.78 Å². The van der Waals surface area contributed by atoms with Gasteiger partial charge < -0.3 is 9.84 Å². The van der Waals surface area contributed by atoms with Crippen LogP contribution in [0.3, 0.4) is 0 Å². The minimum absolute atomic E-state index is 0.0907. The summed E-state index contributed by atoms with van der Waals surface area (Å²) in [5, 5.41) is 19.7. The van der Waals surface area contributed by atoms with Gasteiger partial charge in [-0.3, -0.25) is 14.2 Å². The Kier molecular flexibility index (Phi) is 5.56. The average molecular weight is 422 g/mol. The normalized spacial score (nSPS) is 10.4. The van der Waals surface area contributed by atoms with Gasteiger partial charge in [0.1, 0.15) is 23.1 Å². The summed E-state index contributed by atoms with van der Waals surface area (Å²) in [6.07, 6.45) is 1.36. The number of aromatic hydroxyl groups is 1. The summed E-state index contributed by atoms with van der Waals surface area (Å²) in [5.74, 6) is 0.278. The summed E-state index contributed by atoms with van der Waals surface area (Å²) in [4.78, 5) is 26.1. The summed E-state index contributed by atoms with van der Waals surface area (Å²) >= 11 is 0. The van der Waals surface area contributed by atoms with Crippen LogP contribution < -0.4 is 10.3 Å². The number of carbonyl (C=O) groups is 1. The van der Waals surface area contributed by atoms with Crippen LogP contribution in [0, 0.1) is 18.3 Å². The van der Waals surface area contributed by atoms with Crippen LogP contribution in [-0.2, 0) is 0 Å². The second-order valence-corrected chi connectivity index (χ2v) is 7.16. The molecule has 1 heterocycles. The first-order valence-corrected chi connectivity index (χ1v) is 9.81. The molecule has 0 saturated carbocycles. The number of nitriles is 1. The van der Waals surface area contributed by atoms with E-state index in [1.165, 1.54) is 22.9 Å². The number of phenols is 1. The molecule has 0 spiro atoms. The van der Waals surface area contributed by atoms with Crippen molar-refractivity contribution in [3.05, 3.63) is 118 Å². The van der Waals surface area contributed by atoms with Gasteiger partial charge in [-0.05, 0) is 49.4 Å². The van der Waals surface area contributed by atoms with Crippen molar-refractivity contribution in [2.45, 2.75) is 6.92 Å². The van der Waals surface area contributed by atoms with Crippen molar-refractivity contribution < 1.29 is 14.6 Å². The quantitative estimate of drug-likeness (QED) is 0.469. The topological polar surface area (TPSA) is 92.3 Å². The number of aromatic nitrogens is 1. The highest BCUT2D eigenvalue weighted by molar-refractivity contribution is 6.10. The number of aryl methyl sites for hydroxylation is 1. The van der Waals surface area contributed by atoms with Crippen LogP contribution in [0.25, 0.3) is 5.69 Å². The van der Waals surface area contributed by atoms with Gasteiger partial charge in [0.2, 0.25) is 0 Å². The smallest absolute Gasteiger partial charge is 0.273 e. The van der Waals surface area contributed by atoms with E-state index < -0.39 is 11.3 Å². The molecule has 0 saturated heterocycles. The Morgan fingerprint density at radius 3 is 2.47 bits per heavy atom. The third-order valence-electron chi connectivity index (χ3n) is 4.89. The number of ether oxygens (including phenoxy) is 1. The lowest BCUT2D eigenvalue weighted by Crippen LogP contribution is -2.23. The molecule has 1 N–H and O–H groups in total. The lowest BCUT2D eigenvalue weighted by atomic mass is 10.0. The first-order valence-electron chi connectivity index (χ1n) is 9.81. The van der Waals surface area contributed by atoms with E-state index in [0.717, 1.165) is 5.56 Å². The van der Waals surface area contributed by atoms with Gasteiger partial charge in [0, 0.05) is 11.8 Å². The number of phenolic OH excluding ortho intramolecular Hbond substituents is 1. The van der Waals surface area contributed by atoms with E-state index in [1.54, 1.807) is 55.5 Å². The second kappa shape index (κ2) is 8.62. The van der Waals surface area contributed by atoms with Crippen molar-refractivity contribution in [1.82, 2.24) is 4.57 Å². The zero-order valence-corrected chi connectivity index (χ0v) is 17.1. The first kappa shape index (κ1) is 20.6. The Morgan fingerprint density at radius 1 is 1.00 bits per heavy atom. The molecular formula is C26H18N2O4. The van der Waals surface area contributed by atoms with Crippen LogP contribution in [0.1, 0.15) is 27.0 Å². The van der Waals surface area contributed by atoms with Crippen LogP contribution in [0.4, 0.5) is 0 Å². The summed E-state index contributed by atoms with van der Waals surface area (Å²) < 4.78 is 7.16. The fraction of sp³-hybridized carbons (Fsp3) is 0.0385. The Morgan fingerprint density at radius 2 is 1.72 bits per heavy atom. The van der Waals surface area contributed by atoms with Crippen molar-refractivity contribution in [3.63, 3.8) is 0 Å². The molecule has 6 heteroatoms. The molecule has 1 aromatic heterocycles. The van der Waals surface area contributed by atoms with E-state index in [1.807, 2.05) is 24.3 Å². The van der Waals surface area contributed by atoms with Gasteiger partial charge in [-0.2, -0.15) is 5.26 Å². The van der Waals surface area contributed by atoms with Crippen molar-refractivity contribution in [1.29, 1.82) is 5.26 Å². The molecule has 0 amide bonds. The molecular weight excluding hydrogens is 404 g/mol. The molecule has 156 valence electrons. The number of hydrogen-bond acceptors (Lipinski definition) is 5. The average Bonchev–Trinajstić information content (AvgIpc) is 2.81. The lowest BCUT2D eigenvalue weighted by Gasteiger charge is -2.14. The molecule has 0 unspecified atom stereocenters. The molecule has 0 atom stereocenters. The largest absolute Gasteiger partial charge is 0.507 e. The summed E-state index contributed by atoms with van der Waals surface area (Å²) in [7, 11) is 0. The molecule has 6 nitrogen and oxygen atoms in total. The molecule has 0 fully saturated rings. The van der Waals surface area contributed by atoms with E-state index in [2.05, 4.69) is 0 Å². The highest BCUT2D eigenvalue weighted by Gasteiger charge is 2.19. The number of ketones is 1. The monoisotopic (exact) mass is 422 g/mol. The zero-order valence-electron chi connectivity index (χ0n) is 17.1. The number of carbonyl (C=O) groups excluding carboxylic acids is 1. The standard InChI is InChI=1S/C26H18N2O4/c1-17-11-12-23(29)21(13-17)25(30)19-14-18(15-27)26(31)28(16-19)22-9-5-6-10-24(22)32-20-7-3-2-4-8-20/h2-14,16,29H,1H3. The van der Waals surface area contributed by atoms with Crippen molar-refractivity contribution in [2.75, 3.05) is 0 Å². The van der Waals surface area contributed by atoms with E-state index >= 15 is 0 Å². The highest BCUT2D eigenvalue weighted by Crippen LogP contribution is 2.28. The predicted octanol–water partition coefficient (Wildman–Crippen LogP) is 4.75. The lowest BCUT2D eigenvalue weighted by molar-refractivity contribution is 0.103. The number of benzene rings is 3. The molecule has 0 aliphatic carbocycles. The second-order valence-electron chi connectivity index (χ2n) is 7.16. The van der Waals surface area contributed by atoms with Crippen LogP contribution in [0.5, 0.6) is 17.2 Å². The van der Waals surface area contributed by atoms with E-state index in [4.69, 9.17) is 4.74 Å². The molecule has 3 aromatic carbocycles. The minimum atomic E-state index is -0.582. The first-order chi connectivity index (χ1) is 15.5. The van der Waals surface area contributed by atoms with Gasteiger partial charge in [-0.15, -0.1) is 0 Å². The molecule has 4 rings (SSSR count). The molecule has 0 aliphatic heterocycles. The maximum Gasteiger partial charge on any atom is 0.273 e. The van der Waals surface area contributed by atoms with Crippen LogP contribution >= 0.6 is 0 Å². The zero-order chi connectivity index (χ0) is 22.7. The minimum Gasteiger partial charge on any atom is -0.507 e. The Hall–Kier alpha value is -4.63. The van der Waals surface area contributed by atoms with Gasteiger partial charge in [0.15, 0.2) is 11.5 Å². The molecule has 0 aliphatic rings. The molecule has 32 heavy (non-hydrogen) atoms. The fourth-order valence-electron chi connectivity index (χ4n) is 3.31. The Labute approximate surface area is 184 Å². The number of hydrogen-bond donors (Lipinski definition) is 1. The third kappa shape index (κ3) is 4.00. The van der Waals surface area contributed by atoms with Crippen molar-refractivity contribution in [2.24, 2.45) is 0 Å². The predicted molar refractivity (Wildman–Crippen MR) is 120 cm³/mol. The summed E-state index contributed by atoms with van der Waals surface area (Å²) in [6.45, 7) is 1.80. The van der Waals surface area contributed by atoms with Crippen LogP contribution in [0.15, 0.2) is 89.9 Å². The number of rotatable bonds is 5. The van der Waals surface area contributed by atoms with Gasteiger partial charge in [0.05, 0.1) is 11.3 Å². The molecule has 0 bridgehead atoms. The van der Waals surface area contributed by atoms with E-state index in [0.29, 0.717) is 17.2 Å². The Bertz CT molecular complexity index is 1420. The van der Waals surface area contributed by atoms with Gasteiger partial charge in [-0.1, -0.05) is 42.0 Å². The number of nitrogens with zero attached hydrogens (tertiary/aromatic N) is 2. The fourth-order valence-corrected chi connectivity index (χ4v) is 3.31. The van der Waals surface area contributed by atoms with Crippen LogP contribution in [0.2, 0.25) is 0 Å². The third-order valence-corrected chi connectivity index (χ3v) is 4.89. The summed E-state index contributed by atoms with van der Waals surface area (Å²) in [6, 6.07) is 23.7. The number of pyridine rings is 1. The number of para-hydroxylation sites is 3. The summed E-state index contributed by atoms with van der Waals surface area (Å²) in [5.41, 5.74) is 0.575. The highest BCUT2D eigenvalue weighted by atomic mass is 16.5. The maximum absolute atomic E-state index is 13.1. The van der Waals surface area contributed by atoms with Crippen molar-refractivity contribution in [3.8, 4) is 29.0 Å². The SMILES string of the molecule is Cc1ccc(O)c(C(=O)c2cc(C#N)c(=O)n(-c3ccccc3Oc3ccccc3)c2)c1. The maximum atomic E-state index is 13.1. The van der Waals surface area contributed by atoms with Crippen LogP contribution in [-0.4, -0.2) is 15.5 Å². The van der Waals surface area contributed by atoms with Gasteiger partial charge in [-0.25, -0.2) is 0 Å².